The van der Waals surface area contributed by atoms with E-state index in [4.69, 9.17) is 18.9 Å². The van der Waals surface area contributed by atoms with Crippen LogP contribution in [-0.2, 0) is 42.9 Å². The number of ether oxygens (including phenoxy) is 4. The zero-order valence-electron chi connectivity index (χ0n) is 26.6. The van der Waals surface area contributed by atoms with Gasteiger partial charge in [0.05, 0.1) is 45.2 Å². The first-order chi connectivity index (χ1) is 22.4. The number of hydrogen-bond acceptors (Lipinski definition) is 12. The van der Waals surface area contributed by atoms with Gasteiger partial charge < -0.3 is 18.9 Å². The summed E-state index contributed by atoms with van der Waals surface area (Å²) in [5, 5.41) is 0. The number of carbonyl (C=O) groups is 5. The minimum Gasteiger partial charge on any atom is -0.466 e. The molecule has 1 amide bonds. The van der Waals surface area contributed by atoms with E-state index >= 15 is 0 Å². The van der Waals surface area contributed by atoms with Crippen molar-refractivity contribution in [3.8, 4) is 0 Å². The third-order valence-corrected chi connectivity index (χ3v) is 12.4. The van der Waals surface area contributed by atoms with Gasteiger partial charge in [-0.1, -0.05) is 77.8 Å². The van der Waals surface area contributed by atoms with E-state index in [9.17, 15) is 24.0 Å². The Morgan fingerprint density at radius 1 is 0.745 bits per heavy atom. The maximum absolute atomic E-state index is 14.2. The van der Waals surface area contributed by atoms with Gasteiger partial charge in [-0.2, -0.15) is 0 Å². The molecule has 1 spiro atoms. The summed E-state index contributed by atoms with van der Waals surface area (Å²) in [6, 6.07) is 14.9. The Kier molecular flexibility index (Phi) is 9.54. The largest absolute Gasteiger partial charge is 0.466 e. The number of amides is 1. The molecular weight excluding hydrogens is 663 g/mol. The number of aryl methyl sites for hydroxylation is 1. The Balaban J connectivity index is 1.83. The Labute approximate surface area is 284 Å². The van der Waals surface area contributed by atoms with E-state index in [0.29, 0.717) is 21.7 Å². The van der Waals surface area contributed by atoms with Crippen LogP contribution in [0.15, 0.2) is 79.8 Å². The van der Waals surface area contributed by atoms with Gasteiger partial charge in [-0.25, -0.2) is 19.2 Å². The van der Waals surface area contributed by atoms with E-state index in [1.165, 1.54) is 34.5 Å². The highest BCUT2D eigenvalue weighted by Crippen LogP contribution is 2.71. The fourth-order valence-corrected chi connectivity index (χ4v) is 10.7. The summed E-state index contributed by atoms with van der Waals surface area (Å²) in [7, 11) is 4.71. The predicted molar refractivity (Wildman–Crippen MR) is 183 cm³/mol. The number of carbonyl (C=O) groups excluding carboxylic acids is 5. The Bertz CT molecular complexity index is 1810. The minimum atomic E-state index is -1.64. The number of nitrogens with zero attached hydrogens (tertiary/aromatic N) is 1. The van der Waals surface area contributed by atoms with E-state index in [-0.39, 0.29) is 26.2 Å². The molecule has 0 saturated heterocycles. The monoisotopic (exact) mass is 693 g/mol. The number of thioether (sulfide) groups is 3. The molecule has 10 nitrogen and oxygen atoms in total. The van der Waals surface area contributed by atoms with Gasteiger partial charge >= 0.3 is 23.9 Å². The second-order valence-electron chi connectivity index (χ2n) is 11.0. The van der Waals surface area contributed by atoms with Crippen LogP contribution < -0.4 is 4.90 Å². The molecule has 3 heterocycles. The van der Waals surface area contributed by atoms with Crippen LogP contribution in [0, 0.1) is 6.92 Å². The fourth-order valence-electron chi connectivity index (χ4n) is 5.62. The van der Waals surface area contributed by atoms with E-state index in [1.54, 1.807) is 11.0 Å². The number of fused-ring (bicyclic) bond motifs is 3. The van der Waals surface area contributed by atoms with Gasteiger partial charge in [-0.3, -0.25) is 9.69 Å². The van der Waals surface area contributed by atoms with E-state index in [0.717, 1.165) is 46.4 Å². The van der Waals surface area contributed by atoms with Gasteiger partial charge in [-0.05, 0) is 44.0 Å². The van der Waals surface area contributed by atoms with Crippen molar-refractivity contribution in [3.05, 3.63) is 96.5 Å². The number of rotatable bonds is 6. The van der Waals surface area contributed by atoms with E-state index < -0.39 is 33.5 Å². The average molecular weight is 694 g/mol. The van der Waals surface area contributed by atoms with Crippen molar-refractivity contribution in [2.45, 2.75) is 30.4 Å². The van der Waals surface area contributed by atoms with Crippen LogP contribution in [0.4, 0.5) is 5.69 Å². The maximum atomic E-state index is 14.2. The van der Waals surface area contributed by atoms with Crippen LogP contribution in [0.5, 0.6) is 0 Å². The molecule has 3 aliphatic rings. The third kappa shape index (κ3) is 5.70. The molecule has 0 aromatic heterocycles. The molecule has 5 rings (SSSR count). The normalized spacial score (nSPS) is 17.8. The molecule has 0 radical (unpaired) electrons. The van der Waals surface area contributed by atoms with Crippen molar-refractivity contribution >= 4 is 82.4 Å². The first kappa shape index (κ1) is 34.1. The number of methoxy groups -OCH3 is 4. The lowest BCUT2D eigenvalue weighted by Gasteiger charge is -2.50. The molecule has 2 aromatic carbocycles. The second kappa shape index (κ2) is 13.1. The summed E-state index contributed by atoms with van der Waals surface area (Å²) in [5.41, 5.74) is 2.04. The van der Waals surface area contributed by atoms with Gasteiger partial charge in [-0.15, -0.1) is 0 Å². The molecule has 0 bridgehead atoms. The summed E-state index contributed by atoms with van der Waals surface area (Å²) in [6.45, 7) is 5.56. The van der Waals surface area contributed by atoms with Gasteiger partial charge in [0.15, 0.2) is 0 Å². The third-order valence-electron chi connectivity index (χ3n) is 7.73. The maximum Gasteiger partial charge on any atom is 0.345 e. The van der Waals surface area contributed by atoms with Gasteiger partial charge in [0, 0.05) is 22.1 Å². The summed E-state index contributed by atoms with van der Waals surface area (Å²) in [4.78, 5) is 69.6. The topological polar surface area (TPSA) is 126 Å². The molecule has 0 unspecified atom stereocenters. The van der Waals surface area contributed by atoms with Crippen molar-refractivity contribution in [1.29, 1.82) is 0 Å². The van der Waals surface area contributed by atoms with Gasteiger partial charge in [0.2, 0.25) is 0 Å². The molecule has 3 aliphatic heterocycles. The quantitative estimate of drug-likeness (QED) is 0.212. The van der Waals surface area contributed by atoms with Crippen LogP contribution in [0.2, 0.25) is 0 Å². The highest BCUT2D eigenvalue weighted by molar-refractivity contribution is 8.26. The van der Waals surface area contributed by atoms with Crippen LogP contribution in [0.25, 0.3) is 11.6 Å². The lowest BCUT2D eigenvalue weighted by Crippen LogP contribution is -2.53. The molecule has 244 valence electrons. The van der Waals surface area contributed by atoms with Crippen molar-refractivity contribution in [2.24, 2.45) is 0 Å². The number of hydrogen-bond donors (Lipinski definition) is 0. The molecule has 47 heavy (non-hydrogen) atoms. The average Bonchev–Trinajstić information content (AvgIpc) is 3.46. The molecule has 13 heteroatoms. The SMILES string of the molecule is COC(=O)C1=C(C(=O)OC)SC2(S1)C(C(=O)OC)=C(C(=O)OC)SC1=C2c2ccc(C)cc2N(C(=O)/C=C/c2ccccc2)C1(C)C. The standard InChI is InChI=1S/C34H31NO9S3/c1-18-13-15-20-21(17-18)35(22(36)16-14-19-11-9-8-10-12-19)33(2,3)28-23(20)34(24(29(37)41-4)25(45-28)30(38)42-5)46-26(31(39)43-6)27(47-34)32(40)44-7/h8-17H,1-7H3/b16-14+. The van der Waals surface area contributed by atoms with Crippen LogP contribution in [0.1, 0.15) is 30.5 Å². The second-order valence-corrected chi connectivity index (χ2v) is 14.7. The van der Waals surface area contributed by atoms with Crippen LogP contribution in [0.3, 0.4) is 0 Å². The van der Waals surface area contributed by atoms with Gasteiger partial charge in [0.25, 0.3) is 5.91 Å². The molecular formula is C34H31NO9S3. The summed E-state index contributed by atoms with van der Waals surface area (Å²) in [6.07, 6.45) is 3.21. The summed E-state index contributed by atoms with van der Waals surface area (Å²) >= 11 is 2.76. The van der Waals surface area contributed by atoms with Gasteiger partial charge in [0.1, 0.15) is 18.8 Å². The Morgan fingerprint density at radius 2 is 1.30 bits per heavy atom. The first-order valence-corrected chi connectivity index (χ1v) is 16.6. The van der Waals surface area contributed by atoms with Crippen molar-refractivity contribution in [3.63, 3.8) is 0 Å². The minimum absolute atomic E-state index is 0.107. The lowest BCUT2D eigenvalue weighted by molar-refractivity contribution is -0.138. The number of benzene rings is 2. The highest BCUT2D eigenvalue weighted by atomic mass is 32.2. The fraction of sp³-hybridized carbons (Fsp3) is 0.265. The Hall–Kier alpha value is -4.20. The summed E-state index contributed by atoms with van der Waals surface area (Å²) < 4.78 is 18.8. The van der Waals surface area contributed by atoms with Crippen LogP contribution >= 0.6 is 35.3 Å². The molecule has 2 aromatic rings. The van der Waals surface area contributed by atoms with E-state index in [2.05, 4.69) is 0 Å². The molecule has 0 N–H and O–H groups in total. The first-order valence-electron chi connectivity index (χ1n) is 14.2. The Morgan fingerprint density at radius 3 is 1.85 bits per heavy atom. The summed E-state index contributed by atoms with van der Waals surface area (Å²) in [5.74, 6) is -3.68. The molecule has 0 fully saturated rings. The smallest absolute Gasteiger partial charge is 0.345 e. The molecule has 0 aliphatic carbocycles. The number of anilines is 1. The number of esters is 4. The zero-order valence-corrected chi connectivity index (χ0v) is 29.1. The molecule has 0 atom stereocenters. The zero-order chi connectivity index (χ0) is 34.3. The molecule has 0 saturated carbocycles. The van der Waals surface area contributed by atoms with Crippen molar-refractivity contribution < 1.29 is 42.9 Å². The predicted octanol–water partition coefficient (Wildman–Crippen LogP) is 5.63. The van der Waals surface area contributed by atoms with Crippen LogP contribution in [-0.4, -0.2) is 67.8 Å². The van der Waals surface area contributed by atoms with Crippen molar-refractivity contribution in [1.82, 2.24) is 0 Å². The highest BCUT2D eigenvalue weighted by Gasteiger charge is 2.61. The van der Waals surface area contributed by atoms with Crippen molar-refractivity contribution in [2.75, 3.05) is 33.3 Å². The lowest BCUT2D eigenvalue weighted by atomic mass is 9.83. The van der Waals surface area contributed by atoms with E-state index in [1.807, 2.05) is 69.3 Å².